The quantitative estimate of drug-likeness (QED) is 0.329. The Bertz CT molecular complexity index is 272. The van der Waals surface area contributed by atoms with Gasteiger partial charge in [-0.05, 0) is 32.2 Å². The molecule has 0 spiro atoms. The van der Waals surface area contributed by atoms with Gasteiger partial charge in [0.25, 0.3) is 0 Å². The van der Waals surface area contributed by atoms with E-state index in [-0.39, 0.29) is 17.9 Å². The van der Waals surface area contributed by atoms with Crippen LogP contribution in [-0.2, 0) is 9.53 Å². The molecule has 0 rings (SSSR count). The number of hydrogen-bond acceptors (Lipinski definition) is 4. The number of unbranched alkanes of at least 4 members (excludes halogenated alkanes) is 7. The molecular formula is C19H40N2O2. The summed E-state index contributed by atoms with van der Waals surface area (Å²) in [5, 5.41) is 0. The minimum atomic E-state index is -0.136. The highest BCUT2D eigenvalue weighted by atomic mass is 16.5. The fraction of sp³-hybridized carbons (Fsp3) is 0.947. The molecule has 0 aliphatic rings. The van der Waals surface area contributed by atoms with E-state index in [9.17, 15) is 4.79 Å². The second kappa shape index (κ2) is 16.3. The van der Waals surface area contributed by atoms with E-state index in [4.69, 9.17) is 16.2 Å². The molecule has 0 bridgehead atoms. The summed E-state index contributed by atoms with van der Waals surface area (Å²) in [6.07, 6.45) is 12.9. The van der Waals surface area contributed by atoms with Crippen LogP contribution in [0.2, 0.25) is 0 Å². The first kappa shape index (κ1) is 22.4. The van der Waals surface area contributed by atoms with Gasteiger partial charge < -0.3 is 16.2 Å². The standard InChI is InChI=1S/C19H40N2O2/c1-3-5-7-8-12-16-23-19(22)17(13-6-4-2)18(21)14-10-9-11-15-20/h17-18H,3-16,20-21H2,1-2H3. The molecule has 0 aliphatic heterocycles. The van der Waals surface area contributed by atoms with Gasteiger partial charge in [-0.3, -0.25) is 4.79 Å². The molecule has 4 heteroatoms. The fourth-order valence-corrected chi connectivity index (χ4v) is 2.82. The third kappa shape index (κ3) is 12.5. The van der Waals surface area contributed by atoms with Crippen LogP contribution in [0.3, 0.4) is 0 Å². The van der Waals surface area contributed by atoms with Gasteiger partial charge in [0, 0.05) is 6.04 Å². The summed E-state index contributed by atoms with van der Waals surface area (Å²) in [5.74, 6) is -0.219. The Morgan fingerprint density at radius 1 is 0.870 bits per heavy atom. The summed E-state index contributed by atoms with van der Waals surface area (Å²) >= 11 is 0. The predicted molar refractivity (Wildman–Crippen MR) is 98.2 cm³/mol. The normalized spacial score (nSPS) is 13.7. The average molecular weight is 329 g/mol. The molecule has 2 atom stereocenters. The molecule has 0 radical (unpaired) electrons. The number of hydrogen-bond donors (Lipinski definition) is 2. The molecule has 0 aromatic carbocycles. The fourth-order valence-electron chi connectivity index (χ4n) is 2.82. The average Bonchev–Trinajstić information content (AvgIpc) is 2.55. The zero-order chi connectivity index (χ0) is 17.3. The summed E-state index contributed by atoms with van der Waals surface area (Å²) in [6.45, 7) is 5.62. The molecule has 0 saturated carbocycles. The van der Waals surface area contributed by atoms with Crippen LogP contribution >= 0.6 is 0 Å². The summed E-state index contributed by atoms with van der Waals surface area (Å²) < 4.78 is 5.49. The Labute approximate surface area is 143 Å². The summed E-state index contributed by atoms with van der Waals surface area (Å²) in [5.41, 5.74) is 11.8. The van der Waals surface area contributed by atoms with Crippen molar-refractivity contribution in [1.29, 1.82) is 0 Å². The highest BCUT2D eigenvalue weighted by molar-refractivity contribution is 5.73. The van der Waals surface area contributed by atoms with Gasteiger partial charge >= 0.3 is 5.97 Å². The lowest BCUT2D eigenvalue weighted by Gasteiger charge is -2.22. The predicted octanol–water partition coefficient (Wildman–Crippen LogP) is 4.15. The monoisotopic (exact) mass is 328 g/mol. The Morgan fingerprint density at radius 3 is 2.17 bits per heavy atom. The largest absolute Gasteiger partial charge is 0.465 e. The molecule has 138 valence electrons. The second-order valence-electron chi connectivity index (χ2n) is 6.63. The van der Waals surface area contributed by atoms with E-state index in [2.05, 4.69) is 13.8 Å². The van der Waals surface area contributed by atoms with Gasteiger partial charge in [0.15, 0.2) is 0 Å². The Morgan fingerprint density at radius 2 is 1.52 bits per heavy atom. The number of carbonyl (C=O) groups is 1. The van der Waals surface area contributed by atoms with Crippen LogP contribution in [0.15, 0.2) is 0 Å². The van der Waals surface area contributed by atoms with Crippen molar-refractivity contribution < 1.29 is 9.53 Å². The maximum Gasteiger partial charge on any atom is 0.310 e. The zero-order valence-corrected chi connectivity index (χ0v) is 15.5. The smallest absolute Gasteiger partial charge is 0.310 e. The van der Waals surface area contributed by atoms with Crippen molar-refractivity contribution >= 4 is 5.97 Å². The van der Waals surface area contributed by atoms with Crippen molar-refractivity contribution in [3.63, 3.8) is 0 Å². The maximum absolute atomic E-state index is 12.3. The van der Waals surface area contributed by atoms with Crippen molar-refractivity contribution in [2.75, 3.05) is 13.2 Å². The maximum atomic E-state index is 12.3. The zero-order valence-electron chi connectivity index (χ0n) is 15.5. The van der Waals surface area contributed by atoms with E-state index in [0.29, 0.717) is 6.61 Å². The molecule has 0 heterocycles. The van der Waals surface area contributed by atoms with Crippen LogP contribution in [0.5, 0.6) is 0 Å². The molecule has 23 heavy (non-hydrogen) atoms. The molecule has 2 unspecified atom stereocenters. The van der Waals surface area contributed by atoms with Crippen molar-refractivity contribution in [1.82, 2.24) is 0 Å². The van der Waals surface area contributed by atoms with E-state index < -0.39 is 0 Å². The SMILES string of the molecule is CCCCCCCOC(=O)C(CCCC)C(N)CCCCCN. The number of ether oxygens (including phenoxy) is 1. The van der Waals surface area contributed by atoms with E-state index in [1.807, 2.05) is 0 Å². The van der Waals surface area contributed by atoms with E-state index in [1.165, 1.54) is 19.3 Å². The van der Waals surface area contributed by atoms with Gasteiger partial charge in [0.1, 0.15) is 0 Å². The van der Waals surface area contributed by atoms with Crippen LogP contribution < -0.4 is 11.5 Å². The summed E-state index contributed by atoms with van der Waals surface area (Å²) in [4.78, 5) is 12.3. The van der Waals surface area contributed by atoms with E-state index in [0.717, 1.165) is 64.3 Å². The van der Waals surface area contributed by atoms with Crippen molar-refractivity contribution in [2.24, 2.45) is 17.4 Å². The third-order valence-corrected chi connectivity index (χ3v) is 4.42. The van der Waals surface area contributed by atoms with Crippen molar-refractivity contribution in [3.8, 4) is 0 Å². The van der Waals surface area contributed by atoms with Crippen LogP contribution in [0.4, 0.5) is 0 Å². The lowest BCUT2D eigenvalue weighted by atomic mass is 9.91. The third-order valence-electron chi connectivity index (χ3n) is 4.42. The Balaban J connectivity index is 4.09. The van der Waals surface area contributed by atoms with Gasteiger partial charge in [0.2, 0.25) is 0 Å². The van der Waals surface area contributed by atoms with Gasteiger partial charge in [-0.1, -0.05) is 65.2 Å². The summed E-state index contributed by atoms with van der Waals surface area (Å²) in [7, 11) is 0. The van der Waals surface area contributed by atoms with E-state index in [1.54, 1.807) is 0 Å². The minimum absolute atomic E-state index is 0.0769. The second-order valence-corrected chi connectivity index (χ2v) is 6.63. The van der Waals surface area contributed by atoms with Crippen LogP contribution in [0.1, 0.15) is 90.9 Å². The number of rotatable bonds is 16. The van der Waals surface area contributed by atoms with Crippen LogP contribution in [-0.4, -0.2) is 25.2 Å². The molecule has 4 N–H and O–H groups in total. The summed E-state index contributed by atoms with van der Waals surface area (Å²) in [6, 6.07) is -0.0769. The van der Waals surface area contributed by atoms with Gasteiger partial charge in [0.05, 0.1) is 12.5 Å². The van der Waals surface area contributed by atoms with Gasteiger partial charge in [-0.25, -0.2) is 0 Å². The first-order valence-corrected chi connectivity index (χ1v) is 9.79. The molecule has 0 fully saturated rings. The molecule has 0 aliphatic carbocycles. The van der Waals surface area contributed by atoms with Gasteiger partial charge in [-0.15, -0.1) is 0 Å². The lowest BCUT2D eigenvalue weighted by molar-refractivity contribution is -0.149. The number of carbonyl (C=O) groups excluding carboxylic acids is 1. The molecule has 0 aromatic heterocycles. The Kier molecular flexibility index (Phi) is 15.8. The first-order chi connectivity index (χ1) is 11.2. The van der Waals surface area contributed by atoms with E-state index >= 15 is 0 Å². The Hall–Kier alpha value is -0.610. The topological polar surface area (TPSA) is 78.3 Å². The first-order valence-electron chi connectivity index (χ1n) is 9.79. The lowest BCUT2D eigenvalue weighted by Crippen LogP contribution is -2.36. The molecule has 4 nitrogen and oxygen atoms in total. The van der Waals surface area contributed by atoms with Gasteiger partial charge in [-0.2, -0.15) is 0 Å². The molecule has 0 saturated heterocycles. The molecule has 0 aromatic rings. The van der Waals surface area contributed by atoms with Crippen molar-refractivity contribution in [3.05, 3.63) is 0 Å². The highest BCUT2D eigenvalue weighted by Crippen LogP contribution is 2.18. The molecule has 0 amide bonds. The number of esters is 1. The van der Waals surface area contributed by atoms with Crippen molar-refractivity contribution in [2.45, 2.75) is 96.9 Å². The number of nitrogens with two attached hydrogens (primary N) is 2. The minimum Gasteiger partial charge on any atom is -0.465 e. The molecular weight excluding hydrogens is 288 g/mol. The highest BCUT2D eigenvalue weighted by Gasteiger charge is 2.26. The van der Waals surface area contributed by atoms with Crippen LogP contribution in [0.25, 0.3) is 0 Å². The van der Waals surface area contributed by atoms with Crippen LogP contribution in [0, 0.1) is 5.92 Å².